The molecule has 1 saturated heterocycles. The molecule has 1 heterocycles. The number of amides is 2. The van der Waals surface area contributed by atoms with Gasteiger partial charge in [0.1, 0.15) is 18.3 Å². The number of phenolic OH excluding ortho intramolecular Hbond substituents is 1. The Morgan fingerprint density at radius 2 is 1.84 bits per heavy atom. The third-order valence-electron chi connectivity index (χ3n) is 5.66. The van der Waals surface area contributed by atoms with Crippen molar-refractivity contribution in [2.75, 3.05) is 5.32 Å². The van der Waals surface area contributed by atoms with Gasteiger partial charge < -0.3 is 30.3 Å². The zero-order valence-electron chi connectivity index (χ0n) is 18.5. The summed E-state index contributed by atoms with van der Waals surface area (Å²) in [6.07, 6.45) is -1.89. The monoisotopic (exact) mass is 450 g/mol. The van der Waals surface area contributed by atoms with Crippen molar-refractivity contribution in [3.05, 3.63) is 23.8 Å². The van der Waals surface area contributed by atoms with Gasteiger partial charge >= 0.3 is 11.9 Å². The molecular formula is C22H30N2O8. The van der Waals surface area contributed by atoms with E-state index in [1.807, 2.05) is 13.8 Å². The van der Waals surface area contributed by atoms with Gasteiger partial charge in [-0.15, -0.1) is 0 Å². The highest BCUT2D eigenvalue weighted by Crippen LogP contribution is 2.28. The number of esters is 2. The van der Waals surface area contributed by atoms with E-state index in [0.717, 1.165) is 6.42 Å². The highest BCUT2D eigenvalue weighted by molar-refractivity contribution is 6.01. The molecule has 0 aromatic heterocycles. The maximum absolute atomic E-state index is 12.8. The predicted octanol–water partition coefficient (Wildman–Crippen LogP) is 1.35. The summed E-state index contributed by atoms with van der Waals surface area (Å²) in [5.74, 6) is -3.67. The Kier molecular flexibility index (Phi) is 8.59. The Hall–Kier alpha value is -3.14. The third-order valence-corrected chi connectivity index (χ3v) is 5.66. The highest BCUT2D eigenvalue weighted by Gasteiger charge is 2.41. The van der Waals surface area contributed by atoms with E-state index >= 15 is 0 Å². The first-order chi connectivity index (χ1) is 15.1. The second-order valence-corrected chi connectivity index (χ2v) is 8.05. The quantitative estimate of drug-likeness (QED) is 0.276. The SMILES string of the molecule is CC[C@H](C)C[C@@H]1C(=O)O[C@@H](C)[C@H](NC(=O)c2cccc(NC=O)c2O)C(=O)O[C@H](C)[C@@H]1O. The lowest BCUT2D eigenvalue weighted by molar-refractivity contribution is -0.160. The van der Waals surface area contributed by atoms with Gasteiger partial charge in [-0.05, 0) is 38.3 Å². The number of hydrogen-bond donors (Lipinski definition) is 4. The number of para-hydroxylation sites is 1. The summed E-state index contributed by atoms with van der Waals surface area (Å²) in [7, 11) is 0. The molecular weight excluding hydrogens is 420 g/mol. The Morgan fingerprint density at radius 1 is 1.19 bits per heavy atom. The van der Waals surface area contributed by atoms with Crippen LogP contribution in [-0.4, -0.2) is 58.8 Å². The Bertz CT molecular complexity index is 858. The van der Waals surface area contributed by atoms with Crippen LogP contribution in [0.1, 0.15) is 50.9 Å². The molecule has 1 aromatic carbocycles. The van der Waals surface area contributed by atoms with Crippen LogP contribution in [0, 0.1) is 11.8 Å². The average molecular weight is 450 g/mol. The van der Waals surface area contributed by atoms with Crippen LogP contribution in [0.25, 0.3) is 0 Å². The van der Waals surface area contributed by atoms with Gasteiger partial charge in [0.15, 0.2) is 11.8 Å². The molecule has 0 radical (unpaired) electrons. The second-order valence-electron chi connectivity index (χ2n) is 8.05. The molecule has 6 atom stereocenters. The molecule has 0 aliphatic carbocycles. The van der Waals surface area contributed by atoms with E-state index in [2.05, 4.69) is 10.6 Å². The van der Waals surface area contributed by atoms with Crippen molar-refractivity contribution in [1.82, 2.24) is 5.32 Å². The number of anilines is 1. The minimum Gasteiger partial charge on any atom is -0.505 e. The van der Waals surface area contributed by atoms with Crippen LogP contribution in [0.4, 0.5) is 5.69 Å². The van der Waals surface area contributed by atoms with Gasteiger partial charge in [0.25, 0.3) is 5.91 Å². The fourth-order valence-electron chi connectivity index (χ4n) is 3.46. The van der Waals surface area contributed by atoms with E-state index in [9.17, 15) is 29.4 Å². The van der Waals surface area contributed by atoms with Crippen LogP contribution >= 0.6 is 0 Å². The highest BCUT2D eigenvalue weighted by atomic mass is 16.6. The zero-order chi connectivity index (χ0) is 24.0. The molecule has 10 heteroatoms. The smallest absolute Gasteiger partial charge is 0.332 e. The number of phenols is 1. The molecule has 4 N–H and O–H groups in total. The molecule has 176 valence electrons. The van der Waals surface area contributed by atoms with Gasteiger partial charge in [0.05, 0.1) is 17.2 Å². The topological polar surface area (TPSA) is 151 Å². The number of aromatic hydroxyl groups is 1. The maximum Gasteiger partial charge on any atom is 0.332 e. The van der Waals surface area contributed by atoms with E-state index in [0.29, 0.717) is 12.8 Å². The second kappa shape index (κ2) is 10.9. The summed E-state index contributed by atoms with van der Waals surface area (Å²) < 4.78 is 10.8. The van der Waals surface area contributed by atoms with Crippen molar-refractivity contribution in [1.29, 1.82) is 0 Å². The maximum atomic E-state index is 12.8. The van der Waals surface area contributed by atoms with Gasteiger partial charge in [-0.25, -0.2) is 4.79 Å². The normalized spacial score (nSPS) is 27.1. The van der Waals surface area contributed by atoms with Crippen LogP contribution in [0.5, 0.6) is 5.75 Å². The number of aliphatic hydroxyl groups excluding tert-OH is 1. The number of cyclic esters (lactones) is 2. The van der Waals surface area contributed by atoms with E-state index in [-0.39, 0.29) is 17.2 Å². The van der Waals surface area contributed by atoms with Crippen molar-refractivity contribution >= 4 is 29.9 Å². The molecule has 1 aliphatic heterocycles. The Morgan fingerprint density at radius 3 is 2.47 bits per heavy atom. The Balaban J connectivity index is 2.28. The van der Waals surface area contributed by atoms with Crippen LogP contribution in [0.3, 0.4) is 0 Å². The number of nitrogens with one attached hydrogen (secondary N) is 2. The van der Waals surface area contributed by atoms with Crippen LogP contribution in [-0.2, 0) is 23.9 Å². The Labute approximate surface area is 186 Å². The average Bonchev–Trinajstić information content (AvgIpc) is 2.77. The van der Waals surface area contributed by atoms with Gasteiger partial charge in [-0.2, -0.15) is 0 Å². The molecule has 0 bridgehead atoms. The fraction of sp³-hybridized carbons (Fsp3) is 0.545. The van der Waals surface area contributed by atoms with E-state index in [4.69, 9.17) is 9.47 Å². The van der Waals surface area contributed by atoms with Crippen LogP contribution in [0.2, 0.25) is 0 Å². The lowest BCUT2D eigenvalue weighted by Crippen LogP contribution is -2.50. The van der Waals surface area contributed by atoms with E-state index in [1.165, 1.54) is 32.0 Å². The number of hydrogen-bond acceptors (Lipinski definition) is 8. The summed E-state index contributed by atoms with van der Waals surface area (Å²) in [6, 6.07) is 2.74. The number of benzene rings is 1. The molecule has 2 rings (SSSR count). The first-order valence-electron chi connectivity index (χ1n) is 10.5. The van der Waals surface area contributed by atoms with Crippen molar-refractivity contribution in [2.24, 2.45) is 11.8 Å². The summed E-state index contributed by atoms with van der Waals surface area (Å²) >= 11 is 0. The first-order valence-corrected chi connectivity index (χ1v) is 10.5. The zero-order valence-corrected chi connectivity index (χ0v) is 18.5. The van der Waals surface area contributed by atoms with Gasteiger partial charge in [-0.3, -0.25) is 14.4 Å². The summed E-state index contributed by atoms with van der Waals surface area (Å²) in [6.45, 7) is 6.80. The van der Waals surface area contributed by atoms with Crippen molar-refractivity contribution in [3.63, 3.8) is 0 Å². The number of rotatable bonds is 7. The lowest BCUT2D eigenvalue weighted by Gasteiger charge is -2.26. The minimum absolute atomic E-state index is 0.00815. The number of ether oxygens (including phenoxy) is 2. The number of carbonyl (C=O) groups is 4. The number of aliphatic hydroxyl groups is 1. The fourth-order valence-corrected chi connectivity index (χ4v) is 3.46. The third kappa shape index (κ3) is 5.76. The summed E-state index contributed by atoms with van der Waals surface area (Å²) in [4.78, 5) is 48.9. The molecule has 2 amide bonds. The molecule has 10 nitrogen and oxygen atoms in total. The van der Waals surface area contributed by atoms with E-state index in [1.54, 1.807) is 0 Å². The standard InChI is InChI=1S/C22H30N2O8/c1-5-11(2)9-15-18(26)13(4)32-22(30)17(12(3)31-21(15)29)24-20(28)14-7-6-8-16(19(14)27)23-10-25/h6-8,10-13,15,17-18,26-27H,5,9H2,1-4H3,(H,23,25)(H,24,28)/t11-,12-,13+,15-,17-,18-/m0/s1. The minimum atomic E-state index is -1.38. The van der Waals surface area contributed by atoms with Crippen molar-refractivity contribution in [3.8, 4) is 5.75 Å². The van der Waals surface area contributed by atoms with Crippen LogP contribution in [0.15, 0.2) is 18.2 Å². The van der Waals surface area contributed by atoms with E-state index < -0.39 is 53.9 Å². The van der Waals surface area contributed by atoms with Crippen LogP contribution < -0.4 is 10.6 Å². The first kappa shape index (κ1) is 25.1. The van der Waals surface area contributed by atoms with Gasteiger partial charge in [0, 0.05) is 0 Å². The molecule has 1 fully saturated rings. The predicted molar refractivity (Wildman–Crippen MR) is 114 cm³/mol. The molecule has 32 heavy (non-hydrogen) atoms. The molecule has 0 unspecified atom stereocenters. The molecule has 0 spiro atoms. The lowest BCUT2D eigenvalue weighted by atomic mass is 9.88. The molecule has 1 aliphatic rings. The van der Waals surface area contributed by atoms with Crippen molar-refractivity contribution < 1.29 is 38.9 Å². The summed E-state index contributed by atoms with van der Waals surface area (Å²) in [5.41, 5.74) is -0.195. The largest absolute Gasteiger partial charge is 0.505 e. The number of carbonyl (C=O) groups excluding carboxylic acids is 4. The summed E-state index contributed by atoms with van der Waals surface area (Å²) in [5, 5.41) is 25.5. The molecule has 0 saturated carbocycles. The molecule has 1 aromatic rings. The van der Waals surface area contributed by atoms with Crippen molar-refractivity contribution in [2.45, 2.75) is 64.9 Å². The van der Waals surface area contributed by atoms with Gasteiger partial charge in [-0.1, -0.05) is 26.3 Å². The van der Waals surface area contributed by atoms with Gasteiger partial charge in [0.2, 0.25) is 6.41 Å².